The highest BCUT2D eigenvalue weighted by atomic mass is 79.9. The first kappa shape index (κ1) is 13.0. The molecule has 2 aromatic rings. The molecule has 1 aromatic heterocycles. The molecule has 94 valence electrons. The van der Waals surface area contributed by atoms with E-state index in [1.54, 1.807) is 6.20 Å². The molecule has 0 atom stereocenters. The molecule has 0 spiro atoms. The Balaban J connectivity index is 1.86. The summed E-state index contributed by atoms with van der Waals surface area (Å²) in [5.74, 6) is 1.21. The Labute approximate surface area is 115 Å². The topological polar surface area (TPSA) is 34.9 Å². The highest BCUT2D eigenvalue weighted by Crippen LogP contribution is 2.12. The molecule has 0 amide bonds. The van der Waals surface area contributed by atoms with Gasteiger partial charge in [-0.3, -0.25) is 4.79 Å². The van der Waals surface area contributed by atoms with Crippen LogP contribution in [0.1, 0.15) is 17.8 Å². The van der Waals surface area contributed by atoms with E-state index in [0.29, 0.717) is 19.3 Å². The van der Waals surface area contributed by atoms with Gasteiger partial charge < -0.3 is 4.57 Å². The van der Waals surface area contributed by atoms with Gasteiger partial charge in [-0.25, -0.2) is 4.98 Å². The van der Waals surface area contributed by atoms with Crippen molar-refractivity contribution in [2.24, 2.45) is 7.05 Å². The average Bonchev–Trinajstić information content (AvgIpc) is 2.75. The van der Waals surface area contributed by atoms with Gasteiger partial charge in [-0.15, -0.1) is 0 Å². The predicted octanol–water partition coefficient (Wildman–Crippen LogP) is 2.93. The van der Waals surface area contributed by atoms with Gasteiger partial charge in [0.05, 0.1) is 0 Å². The molecule has 0 aliphatic carbocycles. The third kappa shape index (κ3) is 3.53. The van der Waals surface area contributed by atoms with E-state index in [9.17, 15) is 4.79 Å². The van der Waals surface area contributed by atoms with Crippen LogP contribution in [0.3, 0.4) is 0 Å². The van der Waals surface area contributed by atoms with Crippen molar-refractivity contribution < 1.29 is 4.79 Å². The first-order valence-electron chi connectivity index (χ1n) is 5.87. The van der Waals surface area contributed by atoms with Crippen LogP contribution in [0, 0.1) is 0 Å². The number of carbonyl (C=O) groups is 1. The van der Waals surface area contributed by atoms with Crippen molar-refractivity contribution in [2.45, 2.75) is 19.3 Å². The van der Waals surface area contributed by atoms with Gasteiger partial charge in [0.25, 0.3) is 0 Å². The van der Waals surface area contributed by atoms with Crippen molar-refractivity contribution in [1.29, 1.82) is 0 Å². The zero-order valence-electron chi connectivity index (χ0n) is 10.3. The molecule has 2 rings (SSSR count). The molecule has 18 heavy (non-hydrogen) atoms. The number of nitrogens with zero attached hydrogens (tertiary/aromatic N) is 2. The number of hydrogen-bond donors (Lipinski definition) is 0. The maximum atomic E-state index is 11.9. The van der Waals surface area contributed by atoms with Crippen molar-refractivity contribution in [3.05, 3.63) is 52.5 Å². The monoisotopic (exact) mass is 306 g/mol. The number of aryl methyl sites for hydroxylation is 2. The summed E-state index contributed by atoms with van der Waals surface area (Å²) < 4.78 is 2.99. The lowest BCUT2D eigenvalue weighted by molar-refractivity contribution is -0.118. The van der Waals surface area contributed by atoms with Gasteiger partial charge >= 0.3 is 0 Å². The summed E-state index contributed by atoms with van der Waals surface area (Å²) in [6.45, 7) is 0. The van der Waals surface area contributed by atoms with Gasteiger partial charge in [0.15, 0.2) is 0 Å². The summed E-state index contributed by atoms with van der Waals surface area (Å²) in [6.07, 6.45) is 5.40. The highest BCUT2D eigenvalue weighted by molar-refractivity contribution is 9.10. The summed E-state index contributed by atoms with van der Waals surface area (Å²) in [6, 6.07) is 7.87. The Kier molecular flexibility index (Phi) is 4.31. The van der Waals surface area contributed by atoms with Gasteiger partial charge in [-0.05, 0) is 17.7 Å². The standard InChI is InChI=1S/C14H15BrN2O/c1-17-9-8-16-14(17)7-6-13(18)10-11-2-4-12(15)5-3-11/h2-5,8-9H,6-7,10H2,1H3. The lowest BCUT2D eigenvalue weighted by Crippen LogP contribution is -2.06. The molecule has 1 aromatic carbocycles. The minimum atomic E-state index is 0.250. The first-order valence-corrected chi connectivity index (χ1v) is 6.67. The van der Waals surface area contributed by atoms with E-state index in [-0.39, 0.29) is 5.78 Å². The van der Waals surface area contributed by atoms with Crippen LogP contribution in [0.5, 0.6) is 0 Å². The van der Waals surface area contributed by atoms with Crippen LogP contribution in [-0.2, 0) is 24.7 Å². The second-order valence-corrected chi connectivity index (χ2v) is 5.21. The quantitative estimate of drug-likeness (QED) is 0.851. The SMILES string of the molecule is Cn1ccnc1CCC(=O)Cc1ccc(Br)cc1. The van der Waals surface area contributed by atoms with Crippen LogP contribution in [0.25, 0.3) is 0 Å². The molecule has 0 radical (unpaired) electrons. The van der Waals surface area contributed by atoms with Gasteiger partial charge in [-0.1, -0.05) is 28.1 Å². The number of benzene rings is 1. The van der Waals surface area contributed by atoms with Crippen LogP contribution in [0.15, 0.2) is 41.1 Å². The summed E-state index contributed by atoms with van der Waals surface area (Å²) in [7, 11) is 1.95. The Morgan fingerprint density at radius 1 is 1.33 bits per heavy atom. The van der Waals surface area contributed by atoms with Gasteiger partial charge in [0.1, 0.15) is 11.6 Å². The predicted molar refractivity (Wildman–Crippen MR) is 74.4 cm³/mol. The van der Waals surface area contributed by atoms with Crippen LogP contribution >= 0.6 is 15.9 Å². The third-order valence-corrected chi connectivity index (χ3v) is 3.39. The fourth-order valence-electron chi connectivity index (χ4n) is 1.81. The minimum Gasteiger partial charge on any atom is -0.338 e. The van der Waals surface area contributed by atoms with Gasteiger partial charge in [-0.2, -0.15) is 0 Å². The number of carbonyl (C=O) groups excluding carboxylic acids is 1. The molecule has 0 saturated carbocycles. The molecule has 3 nitrogen and oxygen atoms in total. The van der Waals surface area contributed by atoms with Gasteiger partial charge in [0.2, 0.25) is 0 Å². The fourth-order valence-corrected chi connectivity index (χ4v) is 2.07. The molecular formula is C14H15BrN2O. The summed E-state index contributed by atoms with van der Waals surface area (Å²) in [5.41, 5.74) is 1.06. The van der Waals surface area contributed by atoms with Crippen molar-refractivity contribution in [2.75, 3.05) is 0 Å². The molecule has 0 aliphatic heterocycles. The lowest BCUT2D eigenvalue weighted by atomic mass is 10.1. The fraction of sp³-hybridized carbons (Fsp3) is 0.286. The van der Waals surface area contributed by atoms with E-state index in [0.717, 1.165) is 15.9 Å². The van der Waals surface area contributed by atoms with Crippen molar-refractivity contribution >= 4 is 21.7 Å². The Morgan fingerprint density at radius 3 is 2.67 bits per heavy atom. The molecular weight excluding hydrogens is 292 g/mol. The molecule has 0 saturated heterocycles. The summed E-state index contributed by atoms with van der Waals surface area (Å²) in [5, 5.41) is 0. The van der Waals surface area contributed by atoms with Gasteiger partial charge in [0, 0.05) is 43.2 Å². The van der Waals surface area contributed by atoms with E-state index in [4.69, 9.17) is 0 Å². The molecule has 0 aliphatic rings. The normalized spacial score (nSPS) is 10.6. The molecule has 1 heterocycles. The number of ketones is 1. The van der Waals surface area contributed by atoms with Crippen LogP contribution < -0.4 is 0 Å². The highest BCUT2D eigenvalue weighted by Gasteiger charge is 2.06. The van der Waals surface area contributed by atoms with Crippen molar-refractivity contribution in [1.82, 2.24) is 9.55 Å². The van der Waals surface area contributed by atoms with E-state index in [2.05, 4.69) is 20.9 Å². The first-order chi connectivity index (χ1) is 8.65. The number of rotatable bonds is 5. The van der Waals surface area contributed by atoms with E-state index in [1.807, 2.05) is 42.1 Å². The number of aromatic nitrogens is 2. The van der Waals surface area contributed by atoms with E-state index < -0.39 is 0 Å². The maximum Gasteiger partial charge on any atom is 0.137 e. The minimum absolute atomic E-state index is 0.250. The molecule has 0 bridgehead atoms. The van der Waals surface area contributed by atoms with Crippen molar-refractivity contribution in [3.63, 3.8) is 0 Å². The second-order valence-electron chi connectivity index (χ2n) is 4.30. The Bertz CT molecular complexity index is 531. The zero-order valence-corrected chi connectivity index (χ0v) is 11.9. The summed E-state index contributed by atoms with van der Waals surface area (Å²) in [4.78, 5) is 16.1. The van der Waals surface area contributed by atoms with E-state index >= 15 is 0 Å². The average molecular weight is 307 g/mol. The second kappa shape index (κ2) is 5.96. The molecule has 4 heteroatoms. The van der Waals surface area contributed by atoms with Crippen molar-refractivity contribution in [3.8, 4) is 0 Å². The number of hydrogen-bond acceptors (Lipinski definition) is 2. The summed E-state index contributed by atoms with van der Waals surface area (Å²) >= 11 is 3.38. The number of Topliss-reactive ketones (excluding diaryl/α,β-unsaturated/α-hetero) is 1. The van der Waals surface area contributed by atoms with Crippen LogP contribution in [0.2, 0.25) is 0 Å². The number of halogens is 1. The Hall–Kier alpha value is -1.42. The van der Waals surface area contributed by atoms with E-state index in [1.165, 1.54) is 0 Å². The molecule has 0 unspecified atom stereocenters. The third-order valence-electron chi connectivity index (χ3n) is 2.86. The Morgan fingerprint density at radius 2 is 2.06 bits per heavy atom. The molecule has 0 fully saturated rings. The van der Waals surface area contributed by atoms with Crippen LogP contribution in [0.4, 0.5) is 0 Å². The number of imidazole rings is 1. The molecule has 0 N–H and O–H groups in total. The smallest absolute Gasteiger partial charge is 0.137 e. The zero-order chi connectivity index (χ0) is 13.0. The van der Waals surface area contributed by atoms with Crippen LogP contribution in [-0.4, -0.2) is 15.3 Å². The largest absolute Gasteiger partial charge is 0.338 e. The maximum absolute atomic E-state index is 11.9. The lowest BCUT2D eigenvalue weighted by Gasteiger charge is -2.02.